The van der Waals surface area contributed by atoms with Crippen LogP contribution < -0.4 is 5.32 Å². The second-order valence-electron chi connectivity index (χ2n) is 5.24. The zero-order chi connectivity index (χ0) is 16.2. The molecule has 2 aromatic carbocycles. The molecule has 3 rings (SSSR count). The number of hydrogen-bond acceptors (Lipinski definition) is 4. The molecule has 1 N–H and O–H groups in total. The van der Waals surface area contributed by atoms with Crippen molar-refractivity contribution in [1.29, 1.82) is 0 Å². The van der Waals surface area contributed by atoms with Crippen LogP contribution in [-0.4, -0.2) is 19.0 Å². The average Bonchev–Trinajstić information content (AvgIpc) is 2.71. The maximum absolute atomic E-state index is 12.0. The number of benzene rings is 2. The number of carbonyl (C=O) groups excluding carboxylic acids is 1. The Labute approximate surface area is 145 Å². The molecule has 3 nitrogen and oxygen atoms in total. The van der Waals surface area contributed by atoms with Crippen molar-refractivity contribution in [2.24, 2.45) is 0 Å². The van der Waals surface area contributed by atoms with E-state index in [0.717, 1.165) is 12.0 Å². The molecule has 1 unspecified atom stereocenters. The molecule has 1 heterocycles. The molecule has 1 aliphatic heterocycles. The molecule has 0 spiro atoms. The van der Waals surface area contributed by atoms with Crippen LogP contribution in [0.2, 0.25) is 0 Å². The zero-order valence-corrected chi connectivity index (χ0v) is 14.8. The van der Waals surface area contributed by atoms with E-state index in [-0.39, 0.29) is 12.1 Å². The molecule has 120 valence electrons. The van der Waals surface area contributed by atoms with Crippen LogP contribution in [0.25, 0.3) is 0 Å². The Morgan fingerprint density at radius 1 is 1.30 bits per heavy atom. The van der Waals surface area contributed by atoms with Crippen molar-refractivity contribution in [3.8, 4) is 0 Å². The normalized spacial score (nSPS) is 16.0. The molecule has 0 bridgehead atoms. The van der Waals surface area contributed by atoms with Gasteiger partial charge >= 0.3 is 6.09 Å². The molecule has 23 heavy (non-hydrogen) atoms. The first-order valence-electron chi connectivity index (χ1n) is 7.58. The standard InChI is InChI=1S/C18H19NO2S2/c1-3-21-18(20)19-15-10-12-6-4-5-7-16(12)23-17-9-8-13(22-2)11-14(15)17/h4-9,11,15H,3,10H2,1-2H3,(H,19,20). The summed E-state index contributed by atoms with van der Waals surface area (Å²) in [6.07, 6.45) is 2.48. The summed E-state index contributed by atoms with van der Waals surface area (Å²) in [5.74, 6) is 0. The van der Waals surface area contributed by atoms with Gasteiger partial charge in [-0.15, -0.1) is 11.8 Å². The highest BCUT2D eigenvalue weighted by Gasteiger charge is 2.24. The minimum Gasteiger partial charge on any atom is -0.450 e. The second-order valence-corrected chi connectivity index (χ2v) is 7.20. The lowest BCUT2D eigenvalue weighted by Gasteiger charge is -2.19. The van der Waals surface area contributed by atoms with Gasteiger partial charge in [0.05, 0.1) is 12.6 Å². The molecule has 0 saturated carbocycles. The summed E-state index contributed by atoms with van der Waals surface area (Å²) in [6, 6.07) is 14.7. The van der Waals surface area contributed by atoms with Gasteiger partial charge in [-0.25, -0.2) is 4.79 Å². The van der Waals surface area contributed by atoms with E-state index in [2.05, 4.69) is 48.0 Å². The molecular weight excluding hydrogens is 326 g/mol. The Bertz CT molecular complexity index is 718. The molecule has 0 aliphatic carbocycles. The van der Waals surface area contributed by atoms with Crippen molar-refractivity contribution in [2.45, 2.75) is 34.1 Å². The third-order valence-corrected chi connectivity index (χ3v) is 5.71. The fourth-order valence-electron chi connectivity index (χ4n) is 2.68. The first-order valence-corrected chi connectivity index (χ1v) is 9.62. The number of fused-ring (bicyclic) bond motifs is 2. The van der Waals surface area contributed by atoms with Gasteiger partial charge < -0.3 is 10.1 Å². The number of rotatable bonds is 3. The van der Waals surface area contributed by atoms with Crippen LogP contribution in [0.4, 0.5) is 4.79 Å². The van der Waals surface area contributed by atoms with E-state index < -0.39 is 0 Å². The molecule has 0 saturated heterocycles. The molecule has 1 amide bonds. The Kier molecular flexibility index (Phi) is 5.18. The van der Waals surface area contributed by atoms with Gasteiger partial charge in [0.2, 0.25) is 0 Å². The summed E-state index contributed by atoms with van der Waals surface area (Å²) in [5, 5.41) is 3.02. The van der Waals surface area contributed by atoms with Crippen LogP contribution in [0.5, 0.6) is 0 Å². The van der Waals surface area contributed by atoms with Crippen LogP contribution in [0.3, 0.4) is 0 Å². The van der Waals surface area contributed by atoms with Crippen molar-refractivity contribution in [2.75, 3.05) is 12.9 Å². The van der Waals surface area contributed by atoms with Crippen molar-refractivity contribution in [1.82, 2.24) is 5.32 Å². The first kappa shape index (κ1) is 16.3. The number of hydrogen-bond donors (Lipinski definition) is 1. The van der Waals surface area contributed by atoms with Crippen molar-refractivity contribution >= 4 is 29.6 Å². The van der Waals surface area contributed by atoms with Crippen LogP contribution in [-0.2, 0) is 11.2 Å². The highest BCUT2D eigenvalue weighted by atomic mass is 32.2. The van der Waals surface area contributed by atoms with Crippen LogP contribution in [0, 0.1) is 0 Å². The Morgan fingerprint density at radius 3 is 2.91 bits per heavy atom. The average molecular weight is 345 g/mol. The van der Waals surface area contributed by atoms with E-state index in [1.165, 1.54) is 20.2 Å². The quantitative estimate of drug-likeness (QED) is 0.803. The van der Waals surface area contributed by atoms with Crippen molar-refractivity contribution < 1.29 is 9.53 Å². The Morgan fingerprint density at radius 2 is 2.13 bits per heavy atom. The number of thioether (sulfide) groups is 1. The van der Waals surface area contributed by atoms with E-state index in [4.69, 9.17) is 4.74 Å². The predicted octanol–water partition coefficient (Wildman–Crippen LogP) is 4.90. The van der Waals surface area contributed by atoms with Gasteiger partial charge in [0.1, 0.15) is 0 Å². The third-order valence-electron chi connectivity index (χ3n) is 3.78. The summed E-state index contributed by atoms with van der Waals surface area (Å²) >= 11 is 3.48. The predicted molar refractivity (Wildman–Crippen MR) is 95.4 cm³/mol. The Hall–Kier alpha value is -1.59. The van der Waals surface area contributed by atoms with E-state index in [9.17, 15) is 4.79 Å². The minimum absolute atomic E-state index is 0.0766. The number of ether oxygens (including phenoxy) is 1. The van der Waals surface area contributed by atoms with E-state index in [0.29, 0.717) is 6.61 Å². The fourth-order valence-corrected chi connectivity index (χ4v) is 4.25. The monoisotopic (exact) mass is 345 g/mol. The summed E-state index contributed by atoms with van der Waals surface area (Å²) < 4.78 is 5.08. The van der Waals surface area contributed by atoms with Crippen molar-refractivity contribution in [3.63, 3.8) is 0 Å². The lowest BCUT2D eigenvalue weighted by molar-refractivity contribution is 0.148. The van der Waals surface area contributed by atoms with Gasteiger partial charge in [0.25, 0.3) is 0 Å². The number of amides is 1. The second kappa shape index (κ2) is 7.32. The van der Waals surface area contributed by atoms with Crippen LogP contribution in [0.1, 0.15) is 24.1 Å². The summed E-state index contributed by atoms with van der Waals surface area (Å²) in [6.45, 7) is 2.19. The largest absolute Gasteiger partial charge is 0.450 e. The maximum atomic E-state index is 12.0. The van der Waals surface area contributed by atoms with E-state index in [1.807, 2.05) is 13.0 Å². The molecule has 0 aromatic heterocycles. The lowest BCUT2D eigenvalue weighted by Crippen LogP contribution is -2.30. The smallest absolute Gasteiger partial charge is 0.407 e. The van der Waals surface area contributed by atoms with Gasteiger partial charge in [0, 0.05) is 14.7 Å². The highest BCUT2D eigenvalue weighted by molar-refractivity contribution is 7.99. The summed E-state index contributed by atoms with van der Waals surface area (Å²) in [5.41, 5.74) is 2.41. The molecule has 1 atom stereocenters. The molecule has 1 aliphatic rings. The fraction of sp³-hybridized carbons (Fsp3) is 0.278. The number of alkyl carbamates (subject to hydrolysis) is 1. The van der Waals surface area contributed by atoms with Crippen LogP contribution >= 0.6 is 23.5 Å². The third kappa shape index (κ3) is 3.67. The summed E-state index contributed by atoms with van der Waals surface area (Å²) in [4.78, 5) is 15.6. The topological polar surface area (TPSA) is 38.3 Å². The van der Waals surface area contributed by atoms with Crippen LogP contribution in [0.15, 0.2) is 57.2 Å². The van der Waals surface area contributed by atoms with Gasteiger partial charge in [-0.3, -0.25) is 0 Å². The molecular formula is C18H19NO2S2. The zero-order valence-electron chi connectivity index (χ0n) is 13.2. The molecule has 2 aromatic rings. The van der Waals surface area contributed by atoms with E-state index in [1.54, 1.807) is 23.5 Å². The number of nitrogens with one attached hydrogen (secondary N) is 1. The van der Waals surface area contributed by atoms with Gasteiger partial charge in [-0.2, -0.15) is 0 Å². The Balaban J connectivity index is 2.01. The minimum atomic E-state index is -0.359. The lowest BCUT2D eigenvalue weighted by atomic mass is 9.99. The molecule has 5 heteroatoms. The highest BCUT2D eigenvalue weighted by Crippen LogP contribution is 2.41. The maximum Gasteiger partial charge on any atom is 0.407 e. The summed E-state index contributed by atoms with van der Waals surface area (Å²) in [7, 11) is 0. The SMILES string of the molecule is CCOC(=O)NC1Cc2ccccc2Sc2ccc(SC)cc21. The van der Waals surface area contributed by atoms with Gasteiger partial charge in [0.15, 0.2) is 0 Å². The number of carbonyl (C=O) groups is 1. The first-order chi connectivity index (χ1) is 11.2. The van der Waals surface area contributed by atoms with E-state index >= 15 is 0 Å². The molecule has 0 fully saturated rings. The van der Waals surface area contributed by atoms with Gasteiger partial charge in [-0.05, 0) is 55.0 Å². The van der Waals surface area contributed by atoms with Crippen molar-refractivity contribution in [3.05, 3.63) is 53.6 Å². The molecule has 0 radical (unpaired) electrons. The van der Waals surface area contributed by atoms with Gasteiger partial charge in [-0.1, -0.05) is 30.0 Å².